The molecule has 4 heterocycles. The number of fused-ring (bicyclic) bond motifs is 3. The Morgan fingerprint density at radius 3 is 2.67 bits per heavy atom. The van der Waals surface area contributed by atoms with Gasteiger partial charge in [-0.2, -0.15) is 0 Å². The number of nitrogens with zero attached hydrogens (tertiary/aromatic N) is 5. The number of likely N-dealkylation sites (N-methyl/N-ethyl adjacent to an activating group) is 1. The number of nitrogens with one attached hydrogen (secondary N) is 1. The van der Waals surface area contributed by atoms with Gasteiger partial charge in [0.1, 0.15) is 23.0 Å². The fourth-order valence-corrected chi connectivity index (χ4v) is 5.27. The molecule has 36 heavy (non-hydrogen) atoms. The number of hydrogen-bond acceptors (Lipinski definition) is 8. The number of allylic oxidation sites excluding steroid dienone is 1. The smallest absolute Gasteiger partial charge is 0.274 e. The van der Waals surface area contributed by atoms with Crippen LogP contribution in [0.5, 0.6) is 5.75 Å². The summed E-state index contributed by atoms with van der Waals surface area (Å²) < 4.78 is 20.5. The number of methoxy groups -OCH3 is 1. The molecule has 1 atom stereocenters. The Hall–Kier alpha value is -3.60. The summed E-state index contributed by atoms with van der Waals surface area (Å²) in [6, 6.07) is 3.62. The van der Waals surface area contributed by atoms with E-state index in [2.05, 4.69) is 10.2 Å². The molecular weight excluding hydrogens is 467 g/mol. The summed E-state index contributed by atoms with van der Waals surface area (Å²) in [7, 11) is 1.52. The number of aromatic nitrogens is 2. The fourth-order valence-electron chi connectivity index (χ4n) is 5.27. The number of anilines is 2. The standard InChI is InChI=1S/C25H31FN6O4/c1-4-29-13-15(2)32-21-18(12-20(36-3)22(32)25(29)35)24(34)31(14-16-5-6-17(26)11-19(16)33)28-23(21)30-9-7-27-8-10-30/h5-6,11,15,27,33H,4,7-10,12-14H2,1-3H3. The van der Waals surface area contributed by atoms with E-state index in [0.29, 0.717) is 60.3 Å². The Kier molecular flexibility index (Phi) is 6.33. The summed E-state index contributed by atoms with van der Waals surface area (Å²) in [5.41, 5.74) is 1.64. The lowest BCUT2D eigenvalue weighted by Gasteiger charge is -2.46. The molecule has 1 unspecified atom stereocenters. The molecule has 3 aliphatic heterocycles. The number of phenolic OH excluding ortho intramolecular Hbond substituents is 1. The second-order valence-corrected chi connectivity index (χ2v) is 9.34. The molecule has 1 aromatic carbocycles. The Morgan fingerprint density at radius 2 is 2.00 bits per heavy atom. The predicted molar refractivity (Wildman–Crippen MR) is 133 cm³/mol. The largest absolute Gasteiger partial charge is 0.507 e. The van der Waals surface area contributed by atoms with E-state index in [9.17, 15) is 19.1 Å². The lowest BCUT2D eigenvalue weighted by Crippen LogP contribution is -2.57. The molecule has 0 spiro atoms. The van der Waals surface area contributed by atoms with Gasteiger partial charge in [0.15, 0.2) is 5.82 Å². The molecule has 0 bridgehead atoms. The number of rotatable bonds is 5. The van der Waals surface area contributed by atoms with Crippen LogP contribution in [0.15, 0.2) is 34.4 Å². The van der Waals surface area contributed by atoms with E-state index >= 15 is 0 Å². The first kappa shape index (κ1) is 24.1. The average molecular weight is 499 g/mol. The fraction of sp³-hybridized carbons (Fsp3) is 0.480. The third-order valence-electron chi connectivity index (χ3n) is 7.12. The van der Waals surface area contributed by atoms with E-state index in [-0.39, 0.29) is 36.2 Å². The van der Waals surface area contributed by atoms with Gasteiger partial charge in [-0.15, -0.1) is 5.10 Å². The molecular formula is C25H31FN6O4. The van der Waals surface area contributed by atoms with Gasteiger partial charge in [-0.1, -0.05) is 6.07 Å². The number of carbonyl (C=O) groups is 1. The zero-order valence-electron chi connectivity index (χ0n) is 20.8. The van der Waals surface area contributed by atoms with E-state index in [0.717, 1.165) is 19.2 Å². The molecule has 11 heteroatoms. The van der Waals surface area contributed by atoms with Gasteiger partial charge in [-0.3, -0.25) is 9.59 Å². The molecule has 1 aromatic heterocycles. The van der Waals surface area contributed by atoms with E-state index in [1.807, 2.05) is 18.7 Å². The summed E-state index contributed by atoms with van der Waals surface area (Å²) in [4.78, 5) is 33.0. The summed E-state index contributed by atoms with van der Waals surface area (Å²) in [5, 5.41) is 18.4. The van der Waals surface area contributed by atoms with Gasteiger partial charge in [0.2, 0.25) is 0 Å². The Labute approximate surface area is 208 Å². The molecule has 0 aliphatic carbocycles. The van der Waals surface area contributed by atoms with Crippen LogP contribution in [0.4, 0.5) is 15.9 Å². The maximum Gasteiger partial charge on any atom is 0.274 e. The van der Waals surface area contributed by atoms with Crippen molar-refractivity contribution in [1.29, 1.82) is 0 Å². The number of piperazine rings is 2. The molecule has 2 fully saturated rings. The lowest BCUT2D eigenvalue weighted by molar-refractivity contribution is -0.129. The van der Waals surface area contributed by atoms with Crippen molar-refractivity contribution in [1.82, 2.24) is 20.0 Å². The van der Waals surface area contributed by atoms with Crippen LogP contribution in [0.25, 0.3) is 0 Å². The summed E-state index contributed by atoms with van der Waals surface area (Å²) in [6.07, 6.45) is 0.156. The number of hydrogen-bond donors (Lipinski definition) is 2. The van der Waals surface area contributed by atoms with Crippen molar-refractivity contribution >= 4 is 17.4 Å². The van der Waals surface area contributed by atoms with Gasteiger partial charge in [-0.25, -0.2) is 9.07 Å². The molecule has 2 saturated heterocycles. The van der Waals surface area contributed by atoms with Crippen molar-refractivity contribution < 1.29 is 19.0 Å². The summed E-state index contributed by atoms with van der Waals surface area (Å²) >= 11 is 0. The Morgan fingerprint density at radius 1 is 1.25 bits per heavy atom. The number of aromatic hydroxyl groups is 1. The molecule has 2 N–H and O–H groups in total. The Bertz CT molecular complexity index is 1290. The zero-order chi connectivity index (χ0) is 25.6. The van der Waals surface area contributed by atoms with E-state index in [1.165, 1.54) is 23.9 Å². The maximum atomic E-state index is 13.8. The van der Waals surface area contributed by atoms with Crippen LogP contribution in [0, 0.1) is 5.82 Å². The molecule has 0 saturated carbocycles. The van der Waals surface area contributed by atoms with Gasteiger partial charge < -0.3 is 29.9 Å². The number of halogens is 1. The van der Waals surface area contributed by atoms with Gasteiger partial charge >= 0.3 is 0 Å². The Balaban J connectivity index is 1.70. The maximum absolute atomic E-state index is 13.8. The van der Waals surface area contributed by atoms with Gasteiger partial charge in [0, 0.05) is 63.4 Å². The molecule has 2 aromatic rings. The topological polar surface area (TPSA) is 103 Å². The molecule has 10 nitrogen and oxygen atoms in total. The number of benzene rings is 1. The SMILES string of the molecule is CCN1CC(C)N2C(=C(OC)Cc3c2c(N2CCNCC2)nn(Cc2ccc(F)cc2O)c3=O)C1=O. The van der Waals surface area contributed by atoms with Crippen molar-refractivity contribution in [2.45, 2.75) is 32.9 Å². The molecule has 5 rings (SSSR count). The third kappa shape index (κ3) is 3.97. The van der Waals surface area contributed by atoms with Gasteiger partial charge in [0.25, 0.3) is 11.5 Å². The lowest BCUT2D eigenvalue weighted by atomic mass is 9.97. The van der Waals surface area contributed by atoms with Crippen LogP contribution in [0.2, 0.25) is 0 Å². The summed E-state index contributed by atoms with van der Waals surface area (Å²) in [6.45, 7) is 7.95. The minimum absolute atomic E-state index is 0.0195. The minimum atomic E-state index is -0.559. The normalized spacial score (nSPS) is 19.9. The monoisotopic (exact) mass is 498 g/mol. The molecule has 192 valence electrons. The van der Waals surface area contributed by atoms with E-state index < -0.39 is 5.82 Å². The molecule has 3 aliphatic rings. The average Bonchev–Trinajstić information content (AvgIpc) is 2.88. The number of amides is 1. The van der Waals surface area contributed by atoms with Crippen LogP contribution in [-0.4, -0.2) is 78.1 Å². The first-order valence-corrected chi connectivity index (χ1v) is 12.3. The quantitative estimate of drug-likeness (QED) is 0.630. The van der Waals surface area contributed by atoms with Crippen LogP contribution in [0.3, 0.4) is 0 Å². The first-order chi connectivity index (χ1) is 17.3. The van der Waals surface area contributed by atoms with Crippen LogP contribution >= 0.6 is 0 Å². The highest BCUT2D eigenvalue weighted by Crippen LogP contribution is 2.42. The highest BCUT2D eigenvalue weighted by molar-refractivity contribution is 6.01. The van der Waals surface area contributed by atoms with Crippen LogP contribution in [0.1, 0.15) is 25.0 Å². The highest BCUT2D eigenvalue weighted by Gasteiger charge is 2.43. The second-order valence-electron chi connectivity index (χ2n) is 9.34. The van der Waals surface area contributed by atoms with E-state index in [4.69, 9.17) is 9.84 Å². The van der Waals surface area contributed by atoms with Crippen molar-refractivity contribution in [3.63, 3.8) is 0 Å². The first-order valence-electron chi connectivity index (χ1n) is 12.3. The second kappa shape index (κ2) is 9.45. The number of phenols is 1. The number of ether oxygens (including phenoxy) is 1. The molecule has 0 radical (unpaired) electrons. The zero-order valence-corrected chi connectivity index (χ0v) is 20.8. The number of carbonyl (C=O) groups excluding carboxylic acids is 1. The molecule has 1 amide bonds. The van der Waals surface area contributed by atoms with Crippen LogP contribution in [-0.2, 0) is 22.5 Å². The van der Waals surface area contributed by atoms with Crippen LogP contribution < -0.4 is 20.7 Å². The third-order valence-corrected chi connectivity index (χ3v) is 7.12. The van der Waals surface area contributed by atoms with Crippen molar-refractivity contribution in [2.24, 2.45) is 0 Å². The van der Waals surface area contributed by atoms with Gasteiger partial charge in [-0.05, 0) is 19.9 Å². The summed E-state index contributed by atoms with van der Waals surface area (Å²) in [5.74, 6) is 0.147. The highest BCUT2D eigenvalue weighted by atomic mass is 19.1. The van der Waals surface area contributed by atoms with E-state index in [1.54, 1.807) is 4.90 Å². The predicted octanol–water partition coefficient (Wildman–Crippen LogP) is 1.02. The van der Waals surface area contributed by atoms with Crippen molar-refractivity contribution in [3.05, 3.63) is 57.0 Å². The van der Waals surface area contributed by atoms with Gasteiger partial charge in [0.05, 0.1) is 24.9 Å². The van der Waals surface area contributed by atoms with Crippen molar-refractivity contribution in [2.75, 3.05) is 56.2 Å². The van der Waals surface area contributed by atoms with Crippen molar-refractivity contribution in [3.8, 4) is 5.75 Å². The minimum Gasteiger partial charge on any atom is -0.507 e.